The molecule has 3 heteroatoms. The first-order valence-electron chi connectivity index (χ1n) is 1.44. The number of hydrogen-bond donors (Lipinski definition) is 0. The van der Waals surface area contributed by atoms with E-state index in [0.717, 1.165) is 0 Å². The molecule has 6 heavy (non-hydrogen) atoms. The second kappa shape index (κ2) is 3.15. The van der Waals surface area contributed by atoms with E-state index in [-0.39, 0.29) is 11.3 Å². The Morgan fingerprint density at radius 2 is 2.50 bits per heavy atom. The number of esters is 1. The molecule has 36 valence electrons. The summed E-state index contributed by atoms with van der Waals surface area (Å²) < 4.78 is 4.21. The maximum Gasteiger partial charge on any atom is 0.316 e. The molecule has 0 bridgehead atoms. The van der Waals surface area contributed by atoms with Crippen LogP contribution in [0.5, 0.6) is 0 Å². The van der Waals surface area contributed by atoms with E-state index in [1.165, 1.54) is 7.11 Å². The molecule has 0 unspecified atom stereocenters. The van der Waals surface area contributed by atoms with E-state index in [1.54, 1.807) is 0 Å². The van der Waals surface area contributed by atoms with Crippen LogP contribution in [0.25, 0.3) is 0 Å². The fourth-order valence-electron chi connectivity index (χ4n) is 0.0546. The largest absolute Gasteiger partial charge is 0.468 e. The van der Waals surface area contributed by atoms with E-state index in [9.17, 15) is 4.79 Å². The van der Waals surface area contributed by atoms with Crippen molar-refractivity contribution < 1.29 is 9.53 Å². The monoisotopic (exact) mass is 154 g/mol. The van der Waals surface area contributed by atoms with Gasteiger partial charge in [-0.25, -0.2) is 0 Å². The van der Waals surface area contributed by atoms with Crippen LogP contribution in [0, 0.1) is 0 Å². The molecule has 0 aromatic heterocycles. The molecule has 0 saturated heterocycles. The summed E-state index contributed by atoms with van der Waals surface area (Å²) in [4.78, 5) is 9.91. The van der Waals surface area contributed by atoms with Gasteiger partial charge in [-0.2, -0.15) is 0 Å². The predicted molar refractivity (Wildman–Crippen MR) is 25.8 cm³/mol. The number of hydrogen-bond acceptors (Lipinski definition) is 2. The minimum absolute atomic E-state index is 0.241. The summed E-state index contributed by atoms with van der Waals surface area (Å²) in [5.74, 6) is -0.241. The van der Waals surface area contributed by atoms with Crippen LogP contribution in [0.15, 0.2) is 0 Å². The van der Waals surface area contributed by atoms with Crippen LogP contribution in [0.2, 0.25) is 0 Å². The minimum Gasteiger partial charge on any atom is -0.468 e. The third kappa shape index (κ3) is 2.20. The lowest BCUT2D eigenvalue weighted by Gasteiger charge is -1.86. The molecule has 0 aliphatic heterocycles. The lowest BCUT2D eigenvalue weighted by molar-refractivity contribution is -0.137. The molecule has 0 aliphatic rings. The number of ether oxygens (including phenoxy) is 1. The Hall–Kier alpha value is -0.0500. The standard InChI is InChI=1S/C3H5BrO2/c1-6-3(5)2-4/h2H2,1H3/i3+2. The molecule has 2 nitrogen and oxygen atoms in total. The molecule has 0 aromatic rings. The van der Waals surface area contributed by atoms with Gasteiger partial charge in [0, 0.05) is 0 Å². The molecule has 0 radical (unpaired) electrons. The maximum absolute atomic E-state index is 9.91. The van der Waals surface area contributed by atoms with Gasteiger partial charge >= 0.3 is 5.97 Å². The summed E-state index contributed by atoms with van der Waals surface area (Å²) in [6.45, 7) is 0. The van der Waals surface area contributed by atoms with Crippen molar-refractivity contribution >= 4 is 21.9 Å². The Labute approximate surface area is 44.6 Å². The molecule has 0 rings (SSSR count). The van der Waals surface area contributed by atoms with Crippen LogP contribution in [-0.4, -0.2) is 18.4 Å². The highest BCUT2D eigenvalue weighted by Crippen LogP contribution is 1.79. The fourth-order valence-corrected chi connectivity index (χ4v) is 0.283. The fraction of sp³-hybridized carbons (Fsp3) is 0.667. The molecular formula is C3H5BrO2. The van der Waals surface area contributed by atoms with Crippen molar-refractivity contribution in [2.45, 2.75) is 0 Å². The molecule has 0 amide bonds. The first-order chi connectivity index (χ1) is 2.81. The van der Waals surface area contributed by atoms with Crippen molar-refractivity contribution in [1.82, 2.24) is 0 Å². The van der Waals surface area contributed by atoms with Crippen LogP contribution in [0.1, 0.15) is 0 Å². The second-order valence-electron chi connectivity index (χ2n) is 0.710. The van der Waals surface area contributed by atoms with E-state index in [2.05, 4.69) is 20.7 Å². The number of methoxy groups -OCH3 is 1. The zero-order valence-electron chi connectivity index (χ0n) is 3.40. The molecule has 0 saturated carbocycles. The third-order valence-corrected chi connectivity index (χ3v) is 0.795. The Bertz CT molecular complexity index is 46.8. The Morgan fingerprint density at radius 3 is 2.50 bits per heavy atom. The number of carbonyl (C=O) groups is 1. The highest BCUT2D eigenvalue weighted by atomic mass is 79.9. The predicted octanol–water partition coefficient (Wildman–Crippen LogP) is 0.554. The van der Waals surface area contributed by atoms with Gasteiger partial charge in [0.2, 0.25) is 0 Å². The smallest absolute Gasteiger partial charge is 0.316 e. The van der Waals surface area contributed by atoms with Gasteiger partial charge in [-0.05, 0) is 0 Å². The molecular weight excluding hydrogens is 150 g/mol. The summed E-state index contributed by atoms with van der Waals surface area (Å²) in [5, 5.41) is 0.281. The van der Waals surface area contributed by atoms with Crippen LogP contribution in [0.3, 0.4) is 0 Å². The normalized spacial score (nSPS) is 7.67. The summed E-state index contributed by atoms with van der Waals surface area (Å²) >= 11 is 2.90. The number of rotatable bonds is 1. The molecule has 0 heterocycles. The average Bonchev–Trinajstić information content (AvgIpc) is 1.65. The van der Waals surface area contributed by atoms with Crippen molar-refractivity contribution in [1.29, 1.82) is 0 Å². The first kappa shape index (κ1) is 5.95. The molecule has 0 aromatic carbocycles. The van der Waals surface area contributed by atoms with Crippen molar-refractivity contribution in [3.05, 3.63) is 0 Å². The Morgan fingerprint density at radius 1 is 2.00 bits per heavy atom. The maximum atomic E-state index is 9.91. The summed E-state index contributed by atoms with van der Waals surface area (Å²) in [5.41, 5.74) is 0. The van der Waals surface area contributed by atoms with Crippen LogP contribution in [-0.2, 0) is 9.53 Å². The van der Waals surface area contributed by atoms with E-state index in [1.807, 2.05) is 0 Å². The van der Waals surface area contributed by atoms with Crippen molar-refractivity contribution in [2.24, 2.45) is 0 Å². The van der Waals surface area contributed by atoms with Crippen molar-refractivity contribution in [2.75, 3.05) is 12.4 Å². The van der Waals surface area contributed by atoms with Gasteiger partial charge in [0.05, 0.1) is 7.11 Å². The van der Waals surface area contributed by atoms with Gasteiger partial charge in [-0.3, -0.25) is 4.79 Å². The second-order valence-corrected chi connectivity index (χ2v) is 1.27. The molecule has 0 fully saturated rings. The zero-order valence-corrected chi connectivity index (χ0v) is 4.99. The minimum atomic E-state index is -0.241. The zero-order chi connectivity index (χ0) is 4.99. The average molecular weight is 155 g/mol. The molecule has 0 N–H and O–H groups in total. The summed E-state index contributed by atoms with van der Waals surface area (Å²) in [7, 11) is 1.35. The van der Waals surface area contributed by atoms with Gasteiger partial charge in [-0.15, -0.1) is 0 Å². The molecule has 0 spiro atoms. The lowest BCUT2D eigenvalue weighted by atomic mass is 11.5. The van der Waals surface area contributed by atoms with Gasteiger partial charge in [0.25, 0.3) is 0 Å². The first-order valence-corrected chi connectivity index (χ1v) is 2.56. The topological polar surface area (TPSA) is 26.3 Å². The molecule has 0 aliphatic carbocycles. The lowest BCUT2D eigenvalue weighted by Crippen LogP contribution is -1.99. The quantitative estimate of drug-likeness (QED) is 0.408. The summed E-state index contributed by atoms with van der Waals surface area (Å²) in [6, 6.07) is 0. The highest BCUT2D eigenvalue weighted by molar-refractivity contribution is 9.09. The van der Waals surface area contributed by atoms with E-state index in [0.29, 0.717) is 0 Å². The van der Waals surface area contributed by atoms with Crippen LogP contribution in [0.4, 0.5) is 0 Å². The Balaban J connectivity index is 2.99. The van der Waals surface area contributed by atoms with Gasteiger partial charge in [-0.1, -0.05) is 15.9 Å². The van der Waals surface area contributed by atoms with E-state index in [4.69, 9.17) is 0 Å². The van der Waals surface area contributed by atoms with Gasteiger partial charge in [0.15, 0.2) is 0 Å². The van der Waals surface area contributed by atoms with Gasteiger partial charge < -0.3 is 4.74 Å². The van der Waals surface area contributed by atoms with Crippen LogP contribution < -0.4 is 0 Å². The third-order valence-electron chi connectivity index (χ3n) is 0.337. The summed E-state index contributed by atoms with van der Waals surface area (Å²) in [6.07, 6.45) is 0. The Kier molecular flexibility index (Phi) is 3.13. The SMILES string of the molecule is CO[14C](=O)CBr. The molecule has 0 atom stereocenters. The van der Waals surface area contributed by atoms with Gasteiger partial charge in [0.1, 0.15) is 5.33 Å². The van der Waals surface area contributed by atoms with E-state index < -0.39 is 0 Å². The van der Waals surface area contributed by atoms with Crippen molar-refractivity contribution in [3.8, 4) is 0 Å². The number of carbonyl (C=O) groups excluding carboxylic acids is 1. The highest BCUT2D eigenvalue weighted by Gasteiger charge is 1.89. The number of alkyl halides is 1. The van der Waals surface area contributed by atoms with E-state index >= 15 is 0 Å². The number of halogens is 1. The van der Waals surface area contributed by atoms with Crippen molar-refractivity contribution in [3.63, 3.8) is 0 Å². The van der Waals surface area contributed by atoms with Crippen LogP contribution >= 0.6 is 15.9 Å².